The molecule has 4 rings (SSSR count). The van der Waals surface area contributed by atoms with Crippen LogP contribution in [0.4, 0.5) is 17.6 Å². The third-order valence-corrected chi connectivity index (χ3v) is 6.86. The van der Waals surface area contributed by atoms with Crippen LogP contribution >= 0.6 is 0 Å². The zero-order valence-electron chi connectivity index (χ0n) is 24.4. The highest BCUT2D eigenvalue weighted by molar-refractivity contribution is 6.11. The van der Waals surface area contributed by atoms with Crippen molar-refractivity contribution in [2.45, 2.75) is 38.4 Å². The van der Waals surface area contributed by atoms with Crippen LogP contribution in [0.25, 0.3) is 33.6 Å². The number of halogens is 4. The van der Waals surface area contributed by atoms with Crippen molar-refractivity contribution in [3.05, 3.63) is 89.5 Å². The molecule has 12 heteroatoms. The molecule has 0 bridgehead atoms. The van der Waals surface area contributed by atoms with Gasteiger partial charge in [0, 0.05) is 30.2 Å². The quantitative estimate of drug-likeness (QED) is 0.116. The number of benzene rings is 2. The number of aromatic nitrogens is 1. The number of pyridine rings is 1. The third-order valence-electron chi connectivity index (χ3n) is 6.86. The lowest BCUT2D eigenvalue weighted by atomic mass is 9.96. The molecule has 0 unspecified atom stereocenters. The summed E-state index contributed by atoms with van der Waals surface area (Å²) in [7, 11) is 2.84. The lowest BCUT2D eigenvalue weighted by Gasteiger charge is -2.26. The van der Waals surface area contributed by atoms with E-state index in [2.05, 4.69) is 27.2 Å². The molecule has 8 nitrogen and oxygen atoms in total. The highest BCUT2D eigenvalue weighted by Crippen LogP contribution is 2.37. The Morgan fingerprint density at radius 3 is 2.41 bits per heavy atom. The van der Waals surface area contributed by atoms with Crippen LogP contribution in [-0.4, -0.2) is 49.1 Å². The predicted molar refractivity (Wildman–Crippen MR) is 159 cm³/mol. The number of aryl methyl sites for hydroxylation is 1. The van der Waals surface area contributed by atoms with Crippen molar-refractivity contribution < 1.29 is 36.3 Å². The molecule has 0 radical (unpaired) electrons. The Balaban J connectivity index is 1.85. The van der Waals surface area contributed by atoms with Crippen molar-refractivity contribution in [1.29, 1.82) is 0 Å². The van der Waals surface area contributed by atoms with E-state index in [9.17, 15) is 27.2 Å². The average molecular weight is 611 g/mol. The first-order chi connectivity index (χ1) is 20.7. The number of furan rings is 1. The molecule has 230 valence electrons. The number of ether oxygens (including phenoxy) is 1. The number of alkyl halides is 3. The van der Waals surface area contributed by atoms with Gasteiger partial charge < -0.3 is 19.8 Å². The van der Waals surface area contributed by atoms with Gasteiger partial charge >= 0.3 is 6.18 Å². The molecule has 2 aromatic heterocycles. The molecular formula is C32H30F4N4O4. The van der Waals surface area contributed by atoms with E-state index in [4.69, 9.17) is 9.15 Å². The second-order valence-corrected chi connectivity index (χ2v) is 10.4. The fourth-order valence-electron chi connectivity index (χ4n) is 4.45. The summed E-state index contributed by atoms with van der Waals surface area (Å²) in [6, 6.07) is 13.0. The first kappa shape index (κ1) is 31.9. The summed E-state index contributed by atoms with van der Waals surface area (Å²) in [6.45, 7) is 7.27. The summed E-state index contributed by atoms with van der Waals surface area (Å²) >= 11 is 0. The molecule has 0 atom stereocenters. The summed E-state index contributed by atoms with van der Waals surface area (Å²) < 4.78 is 64.3. The zero-order chi connectivity index (χ0) is 32.2. The SMILES string of the molecule is C=C(/N=C\OC)C(C)(C)NC(=O)c1cccc(-c2cc3c(C(=O)NC)c(-c4ccc(F)cc4)oc3nc2CCC(F)(F)F)c1. The molecular weight excluding hydrogens is 580 g/mol. The highest BCUT2D eigenvalue weighted by Gasteiger charge is 2.30. The molecule has 2 N–H and O–H groups in total. The molecule has 2 amide bonds. The second-order valence-electron chi connectivity index (χ2n) is 10.4. The van der Waals surface area contributed by atoms with Crippen molar-refractivity contribution in [3.8, 4) is 22.5 Å². The van der Waals surface area contributed by atoms with Gasteiger partial charge in [0.2, 0.25) is 5.71 Å². The maximum atomic E-state index is 13.6. The highest BCUT2D eigenvalue weighted by atomic mass is 19.4. The number of amides is 2. The monoisotopic (exact) mass is 610 g/mol. The van der Waals surface area contributed by atoms with Crippen LogP contribution < -0.4 is 10.6 Å². The van der Waals surface area contributed by atoms with Crippen LogP contribution in [0.2, 0.25) is 0 Å². The first-order valence-corrected chi connectivity index (χ1v) is 13.4. The second kappa shape index (κ2) is 12.7. The normalized spacial score (nSPS) is 12.0. The number of methoxy groups -OCH3 is 1. The Morgan fingerprint density at radius 2 is 1.77 bits per heavy atom. The molecule has 0 aliphatic heterocycles. The summed E-state index contributed by atoms with van der Waals surface area (Å²) in [5, 5.41) is 5.61. The number of fused-ring (bicyclic) bond motifs is 1. The number of hydrogen-bond acceptors (Lipinski definition) is 6. The Kier molecular flexibility index (Phi) is 9.22. The van der Waals surface area contributed by atoms with Crippen molar-refractivity contribution >= 4 is 29.3 Å². The fourth-order valence-corrected chi connectivity index (χ4v) is 4.45. The third kappa shape index (κ3) is 7.13. The molecule has 0 fully saturated rings. The molecule has 4 aromatic rings. The summed E-state index contributed by atoms with van der Waals surface area (Å²) in [4.78, 5) is 34.8. The number of aliphatic imine (C=N–C) groups is 1. The van der Waals surface area contributed by atoms with E-state index in [1.165, 1.54) is 57.0 Å². The van der Waals surface area contributed by atoms with Crippen molar-refractivity contribution in [1.82, 2.24) is 15.6 Å². The molecule has 2 aromatic carbocycles. The first-order valence-electron chi connectivity index (χ1n) is 13.4. The van der Waals surface area contributed by atoms with E-state index >= 15 is 0 Å². The topological polar surface area (TPSA) is 106 Å². The Morgan fingerprint density at radius 1 is 1.07 bits per heavy atom. The Bertz CT molecular complexity index is 1740. The number of nitrogens with zero attached hydrogens (tertiary/aromatic N) is 2. The van der Waals surface area contributed by atoms with Crippen LogP contribution in [0.1, 0.15) is 46.7 Å². The minimum Gasteiger partial charge on any atom is -0.486 e. The number of nitrogens with one attached hydrogen (secondary N) is 2. The summed E-state index contributed by atoms with van der Waals surface area (Å²) in [5.41, 5.74) is 0.698. The van der Waals surface area contributed by atoms with Gasteiger partial charge in [-0.1, -0.05) is 18.7 Å². The van der Waals surface area contributed by atoms with Crippen LogP contribution in [0.3, 0.4) is 0 Å². The van der Waals surface area contributed by atoms with Gasteiger partial charge in [0.15, 0.2) is 6.40 Å². The summed E-state index contributed by atoms with van der Waals surface area (Å²) in [5.74, 6) is -1.44. The lowest BCUT2D eigenvalue weighted by Crippen LogP contribution is -2.44. The number of hydrogen-bond donors (Lipinski definition) is 2. The van der Waals surface area contributed by atoms with Crippen LogP contribution in [0.15, 0.2) is 76.3 Å². The van der Waals surface area contributed by atoms with E-state index in [1.807, 2.05) is 0 Å². The number of carbonyl (C=O) groups is 2. The van der Waals surface area contributed by atoms with Crippen LogP contribution in [0, 0.1) is 5.82 Å². The lowest BCUT2D eigenvalue weighted by molar-refractivity contribution is -0.134. The standard InChI is InChI=1S/C32H30F4N4O4/c1-18(38-17-43-5)31(2,3)40-28(41)21-8-6-7-20(15-21)23-16-24-26(29(42)37-4)27(19-9-11-22(33)12-10-19)44-30(24)39-25(23)13-14-32(34,35)36/h6-12,15-17H,1,13-14H2,2-5H3,(H,37,42)(H,40,41)/b38-17-. The summed E-state index contributed by atoms with van der Waals surface area (Å²) in [6.07, 6.45) is -4.93. The molecule has 0 saturated carbocycles. The van der Waals surface area contributed by atoms with Gasteiger partial charge in [0.05, 0.1) is 35.0 Å². The minimum absolute atomic E-state index is 0.0536. The number of rotatable bonds is 10. The molecule has 0 saturated heterocycles. The van der Waals surface area contributed by atoms with Gasteiger partial charge in [0.1, 0.15) is 11.6 Å². The van der Waals surface area contributed by atoms with Gasteiger partial charge in [-0.25, -0.2) is 14.4 Å². The molecule has 2 heterocycles. The van der Waals surface area contributed by atoms with Gasteiger partial charge in [0.25, 0.3) is 11.8 Å². The van der Waals surface area contributed by atoms with E-state index in [1.54, 1.807) is 32.0 Å². The van der Waals surface area contributed by atoms with E-state index in [0.29, 0.717) is 16.8 Å². The van der Waals surface area contributed by atoms with Crippen LogP contribution in [-0.2, 0) is 11.2 Å². The molecule has 0 aliphatic rings. The maximum Gasteiger partial charge on any atom is 0.389 e. The van der Waals surface area contributed by atoms with Crippen LogP contribution in [0.5, 0.6) is 0 Å². The van der Waals surface area contributed by atoms with Gasteiger partial charge in [-0.15, -0.1) is 0 Å². The van der Waals surface area contributed by atoms with E-state index < -0.39 is 42.2 Å². The van der Waals surface area contributed by atoms with Crippen molar-refractivity contribution in [2.75, 3.05) is 14.2 Å². The Hall–Kier alpha value is -5.00. The minimum atomic E-state index is -4.47. The van der Waals surface area contributed by atoms with Crippen molar-refractivity contribution in [2.24, 2.45) is 4.99 Å². The van der Waals surface area contributed by atoms with Gasteiger partial charge in [-0.05, 0) is 68.3 Å². The largest absolute Gasteiger partial charge is 0.486 e. The van der Waals surface area contributed by atoms with E-state index in [0.717, 1.165) is 0 Å². The smallest absolute Gasteiger partial charge is 0.389 e. The zero-order valence-corrected chi connectivity index (χ0v) is 24.4. The number of carbonyl (C=O) groups excluding carboxylic acids is 2. The molecule has 0 spiro atoms. The predicted octanol–water partition coefficient (Wildman–Crippen LogP) is 6.85. The molecule has 44 heavy (non-hydrogen) atoms. The maximum absolute atomic E-state index is 13.6. The van der Waals surface area contributed by atoms with Crippen molar-refractivity contribution in [3.63, 3.8) is 0 Å². The van der Waals surface area contributed by atoms with Gasteiger partial charge in [-0.3, -0.25) is 9.59 Å². The van der Waals surface area contributed by atoms with E-state index in [-0.39, 0.29) is 39.2 Å². The fraction of sp³-hybridized carbons (Fsp3) is 0.250. The Labute approximate surface area is 250 Å². The van der Waals surface area contributed by atoms with Gasteiger partial charge in [-0.2, -0.15) is 13.2 Å². The molecule has 0 aliphatic carbocycles. The average Bonchev–Trinajstić information content (AvgIpc) is 3.36.